The Labute approximate surface area is 91.7 Å². The SMILES string of the molecule is CC1CCC(Cn2cncc2[C@H](C)N)C1. The zero-order chi connectivity index (χ0) is 10.8. The van der Waals surface area contributed by atoms with Gasteiger partial charge < -0.3 is 10.3 Å². The second kappa shape index (κ2) is 4.35. The average molecular weight is 207 g/mol. The molecule has 2 unspecified atom stereocenters. The summed E-state index contributed by atoms with van der Waals surface area (Å²) in [4.78, 5) is 4.19. The average Bonchev–Trinajstić information content (AvgIpc) is 2.75. The number of rotatable bonds is 3. The van der Waals surface area contributed by atoms with E-state index in [9.17, 15) is 0 Å². The van der Waals surface area contributed by atoms with Crippen molar-refractivity contribution in [2.75, 3.05) is 0 Å². The molecule has 1 aliphatic rings. The predicted molar refractivity (Wildman–Crippen MR) is 61.3 cm³/mol. The summed E-state index contributed by atoms with van der Waals surface area (Å²) in [7, 11) is 0. The van der Waals surface area contributed by atoms with Crippen LogP contribution in [0.4, 0.5) is 0 Å². The Kier molecular flexibility index (Phi) is 3.10. The van der Waals surface area contributed by atoms with E-state index < -0.39 is 0 Å². The minimum absolute atomic E-state index is 0.0892. The maximum Gasteiger partial charge on any atom is 0.0948 e. The molecule has 1 aromatic rings. The Morgan fingerprint density at radius 2 is 2.40 bits per heavy atom. The molecule has 1 aromatic heterocycles. The van der Waals surface area contributed by atoms with Gasteiger partial charge in [-0.25, -0.2) is 4.98 Å². The third-order valence-corrected chi connectivity index (χ3v) is 3.47. The molecule has 0 aromatic carbocycles. The normalized spacial score (nSPS) is 28.2. The molecular formula is C12H21N3. The second-order valence-corrected chi connectivity index (χ2v) is 5.04. The van der Waals surface area contributed by atoms with Crippen molar-refractivity contribution in [3.8, 4) is 0 Å². The molecule has 1 fully saturated rings. The van der Waals surface area contributed by atoms with E-state index in [4.69, 9.17) is 5.73 Å². The van der Waals surface area contributed by atoms with Crippen LogP contribution in [0.25, 0.3) is 0 Å². The van der Waals surface area contributed by atoms with Gasteiger partial charge in [0.05, 0.1) is 12.0 Å². The Bertz CT molecular complexity index is 316. The quantitative estimate of drug-likeness (QED) is 0.826. The van der Waals surface area contributed by atoms with E-state index >= 15 is 0 Å². The fourth-order valence-corrected chi connectivity index (χ4v) is 2.63. The van der Waals surface area contributed by atoms with Gasteiger partial charge in [-0.3, -0.25) is 0 Å². The van der Waals surface area contributed by atoms with Crippen molar-refractivity contribution in [2.24, 2.45) is 17.6 Å². The molecule has 3 heteroatoms. The first-order chi connectivity index (χ1) is 7.16. The zero-order valence-corrected chi connectivity index (χ0v) is 9.69. The summed E-state index contributed by atoms with van der Waals surface area (Å²) in [6, 6.07) is 0.0892. The third kappa shape index (κ3) is 2.40. The molecule has 0 saturated heterocycles. The van der Waals surface area contributed by atoms with Crippen molar-refractivity contribution in [1.82, 2.24) is 9.55 Å². The number of imidazole rings is 1. The maximum atomic E-state index is 5.90. The predicted octanol–water partition coefficient (Wildman–Crippen LogP) is 2.34. The van der Waals surface area contributed by atoms with Gasteiger partial charge >= 0.3 is 0 Å². The topological polar surface area (TPSA) is 43.8 Å². The summed E-state index contributed by atoms with van der Waals surface area (Å²) in [6.07, 6.45) is 7.91. The number of nitrogens with zero attached hydrogens (tertiary/aromatic N) is 2. The molecule has 2 N–H and O–H groups in total. The van der Waals surface area contributed by atoms with E-state index in [1.165, 1.54) is 19.3 Å². The van der Waals surface area contributed by atoms with Crippen molar-refractivity contribution >= 4 is 0 Å². The van der Waals surface area contributed by atoms with Crippen LogP contribution in [0.1, 0.15) is 44.8 Å². The van der Waals surface area contributed by atoms with Crippen molar-refractivity contribution in [3.05, 3.63) is 18.2 Å². The zero-order valence-electron chi connectivity index (χ0n) is 9.69. The van der Waals surface area contributed by atoms with E-state index in [1.54, 1.807) is 0 Å². The highest BCUT2D eigenvalue weighted by Gasteiger charge is 2.22. The molecule has 1 aliphatic carbocycles. The van der Waals surface area contributed by atoms with Crippen LogP contribution in [-0.2, 0) is 6.54 Å². The highest BCUT2D eigenvalue weighted by Crippen LogP contribution is 2.31. The molecular weight excluding hydrogens is 186 g/mol. The van der Waals surface area contributed by atoms with E-state index in [0.29, 0.717) is 0 Å². The van der Waals surface area contributed by atoms with E-state index in [2.05, 4.69) is 16.5 Å². The Morgan fingerprint density at radius 1 is 1.60 bits per heavy atom. The van der Waals surface area contributed by atoms with Crippen molar-refractivity contribution in [2.45, 2.75) is 45.7 Å². The molecule has 15 heavy (non-hydrogen) atoms. The molecule has 1 saturated carbocycles. The highest BCUT2D eigenvalue weighted by atomic mass is 15.1. The van der Waals surface area contributed by atoms with Crippen LogP contribution in [0.15, 0.2) is 12.5 Å². The van der Waals surface area contributed by atoms with Crippen LogP contribution in [0, 0.1) is 11.8 Å². The van der Waals surface area contributed by atoms with Crippen molar-refractivity contribution in [3.63, 3.8) is 0 Å². The summed E-state index contributed by atoms with van der Waals surface area (Å²) < 4.78 is 2.23. The summed E-state index contributed by atoms with van der Waals surface area (Å²) in [5.74, 6) is 1.73. The van der Waals surface area contributed by atoms with Crippen LogP contribution in [0.2, 0.25) is 0 Å². The van der Waals surface area contributed by atoms with Gasteiger partial charge in [0, 0.05) is 18.8 Å². The lowest BCUT2D eigenvalue weighted by Crippen LogP contribution is -2.15. The number of hydrogen-bond acceptors (Lipinski definition) is 2. The van der Waals surface area contributed by atoms with Gasteiger partial charge in [0.1, 0.15) is 0 Å². The lowest BCUT2D eigenvalue weighted by molar-refractivity contribution is 0.429. The van der Waals surface area contributed by atoms with Crippen LogP contribution in [0.5, 0.6) is 0 Å². The minimum Gasteiger partial charge on any atom is -0.333 e. The number of nitrogens with two attached hydrogens (primary N) is 1. The standard InChI is InChI=1S/C12H21N3/c1-9-3-4-11(5-9)7-15-8-14-6-12(15)10(2)13/h6,8-11H,3-5,7,13H2,1-2H3/t9?,10-,11?/m0/s1. The van der Waals surface area contributed by atoms with Gasteiger partial charge in [-0.1, -0.05) is 13.3 Å². The second-order valence-electron chi connectivity index (χ2n) is 5.04. The maximum absolute atomic E-state index is 5.90. The smallest absolute Gasteiger partial charge is 0.0948 e. The molecule has 0 spiro atoms. The first-order valence-corrected chi connectivity index (χ1v) is 5.92. The summed E-state index contributed by atoms with van der Waals surface area (Å²) in [5.41, 5.74) is 7.06. The van der Waals surface area contributed by atoms with Crippen LogP contribution < -0.4 is 5.73 Å². The van der Waals surface area contributed by atoms with Crippen molar-refractivity contribution in [1.29, 1.82) is 0 Å². The van der Waals surface area contributed by atoms with E-state index in [0.717, 1.165) is 24.1 Å². The number of aromatic nitrogens is 2. The minimum atomic E-state index is 0.0892. The summed E-state index contributed by atoms with van der Waals surface area (Å²) in [5, 5.41) is 0. The van der Waals surface area contributed by atoms with Gasteiger partial charge in [-0.2, -0.15) is 0 Å². The highest BCUT2D eigenvalue weighted by molar-refractivity contribution is 5.03. The third-order valence-electron chi connectivity index (χ3n) is 3.47. The Morgan fingerprint density at radius 3 is 3.00 bits per heavy atom. The first kappa shape index (κ1) is 10.7. The molecule has 0 radical (unpaired) electrons. The van der Waals surface area contributed by atoms with Crippen molar-refractivity contribution < 1.29 is 0 Å². The van der Waals surface area contributed by atoms with E-state index in [-0.39, 0.29) is 6.04 Å². The van der Waals surface area contributed by atoms with Crippen LogP contribution >= 0.6 is 0 Å². The Balaban J connectivity index is 2.01. The number of hydrogen-bond donors (Lipinski definition) is 1. The molecule has 84 valence electrons. The van der Waals surface area contributed by atoms with Gasteiger partial charge in [-0.05, 0) is 31.6 Å². The largest absolute Gasteiger partial charge is 0.333 e. The lowest BCUT2D eigenvalue weighted by Gasteiger charge is -2.15. The summed E-state index contributed by atoms with van der Waals surface area (Å²) >= 11 is 0. The molecule has 0 aliphatic heterocycles. The molecule has 1 heterocycles. The van der Waals surface area contributed by atoms with Crippen LogP contribution in [-0.4, -0.2) is 9.55 Å². The molecule has 3 nitrogen and oxygen atoms in total. The molecule has 0 amide bonds. The molecule has 3 atom stereocenters. The van der Waals surface area contributed by atoms with E-state index in [1.807, 2.05) is 19.4 Å². The van der Waals surface area contributed by atoms with Gasteiger partial charge in [0.2, 0.25) is 0 Å². The first-order valence-electron chi connectivity index (χ1n) is 5.92. The Hall–Kier alpha value is -0.830. The van der Waals surface area contributed by atoms with Crippen LogP contribution in [0.3, 0.4) is 0 Å². The summed E-state index contributed by atoms with van der Waals surface area (Å²) in [6.45, 7) is 5.46. The monoisotopic (exact) mass is 207 g/mol. The van der Waals surface area contributed by atoms with Gasteiger partial charge in [-0.15, -0.1) is 0 Å². The molecule has 2 rings (SSSR count). The van der Waals surface area contributed by atoms with Gasteiger partial charge in [0.15, 0.2) is 0 Å². The molecule has 0 bridgehead atoms. The van der Waals surface area contributed by atoms with Gasteiger partial charge in [0.25, 0.3) is 0 Å². The fourth-order valence-electron chi connectivity index (χ4n) is 2.63. The lowest BCUT2D eigenvalue weighted by atomic mass is 10.1. The fraction of sp³-hybridized carbons (Fsp3) is 0.750.